The van der Waals surface area contributed by atoms with Crippen LogP contribution in [0.3, 0.4) is 0 Å². The Hall–Kier alpha value is -1.68. The van der Waals surface area contributed by atoms with E-state index in [-0.39, 0.29) is 11.7 Å². The molecule has 2 rings (SSSR count). The first-order chi connectivity index (χ1) is 9.45. The number of nitrogens with one attached hydrogen (secondary N) is 1. The molecule has 0 fully saturated rings. The monoisotopic (exact) mass is 299 g/mol. The van der Waals surface area contributed by atoms with Gasteiger partial charge < -0.3 is 5.32 Å². The van der Waals surface area contributed by atoms with Gasteiger partial charge in [-0.2, -0.15) is 0 Å². The molecule has 0 saturated carbocycles. The molecular formula is C15H13ClF3N. The molecule has 0 saturated heterocycles. The Morgan fingerprint density at radius 1 is 1.10 bits per heavy atom. The normalized spacial score (nSPS) is 12.2. The highest BCUT2D eigenvalue weighted by Gasteiger charge is 2.13. The van der Waals surface area contributed by atoms with Crippen molar-refractivity contribution in [2.45, 2.75) is 19.4 Å². The summed E-state index contributed by atoms with van der Waals surface area (Å²) in [5.41, 5.74) is 0.815. The van der Waals surface area contributed by atoms with Crippen LogP contribution in [0.1, 0.15) is 12.5 Å². The van der Waals surface area contributed by atoms with Gasteiger partial charge in [-0.25, -0.2) is 13.2 Å². The van der Waals surface area contributed by atoms with Crippen LogP contribution in [0.15, 0.2) is 36.4 Å². The zero-order chi connectivity index (χ0) is 14.7. The van der Waals surface area contributed by atoms with Crippen molar-refractivity contribution in [3.8, 4) is 0 Å². The van der Waals surface area contributed by atoms with Crippen LogP contribution in [0.25, 0.3) is 0 Å². The summed E-state index contributed by atoms with van der Waals surface area (Å²) in [6.45, 7) is 1.80. The molecule has 106 valence electrons. The first kappa shape index (κ1) is 14.7. The van der Waals surface area contributed by atoms with Gasteiger partial charge in [-0.15, -0.1) is 0 Å². The van der Waals surface area contributed by atoms with E-state index in [4.69, 9.17) is 11.6 Å². The Morgan fingerprint density at radius 3 is 2.40 bits per heavy atom. The summed E-state index contributed by atoms with van der Waals surface area (Å²) in [5.74, 6) is -3.09. The molecule has 2 aromatic carbocycles. The molecule has 0 aliphatic rings. The summed E-state index contributed by atoms with van der Waals surface area (Å²) >= 11 is 5.79. The third kappa shape index (κ3) is 3.67. The Balaban J connectivity index is 2.08. The van der Waals surface area contributed by atoms with Crippen molar-refractivity contribution in [1.82, 2.24) is 0 Å². The number of anilines is 1. The SMILES string of the molecule is CC(Cc1ccc(Cl)cc1)Nc1cc(F)cc(F)c1F. The molecule has 1 atom stereocenters. The van der Waals surface area contributed by atoms with Crippen LogP contribution in [0.5, 0.6) is 0 Å². The van der Waals surface area contributed by atoms with Gasteiger partial charge in [0.25, 0.3) is 0 Å². The van der Waals surface area contributed by atoms with E-state index in [0.717, 1.165) is 11.6 Å². The lowest BCUT2D eigenvalue weighted by Gasteiger charge is -2.16. The third-order valence-corrected chi connectivity index (χ3v) is 3.10. The van der Waals surface area contributed by atoms with Crippen LogP contribution in [-0.2, 0) is 6.42 Å². The maximum Gasteiger partial charge on any atom is 0.182 e. The standard InChI is InChI=1S/C15H13ClF3N/c1-9(6-10-2-4-11(16)5-3-10)20-14-8-12(17)7-13(18)15(14)19/h2-5,7-9,20H,6H2,1H3. The van der Waals surface area contributed by atoms with Crippen molar-refractivity contribution in [1.29, 1.82) is 0 Å². The molecule has 0 radical (unpaired) electrons. The minimum Gasteiger partial charge on any atom is -0.380 e. The Kier molecular flexibility index (Phi) is 4.55. The number of hydrogen-bond donors (Lipinski definition) is 1. The Labute approximate surface area is 120 Å². The molecule has 0 aliphatic heterocycles. The van der Waals surface area contributed by atoms with Crippen LogP contribution >= 0.6 is 11.6 Å². The summed E-state index contributed by atoms with van der Waals surface area (Å²) in [6, 6.07) is 8.48. The van der Waals surface area contributed by atoms with E-state index in [1.807, 2.05) is 12.1 Å². The lowest BCUT2D eigenvalue weighted by Crippen LogP contribution is -2.19. The minimum atomic E-state index is -1.20. The van der Waals surface area contributed by atoms with Crippen molar-refractivity contribution in [2.75, 3.05) is 5.32 Å². The summed E-state index contributed by atoms with van der Waals surface area (Å²) < 4.78 is 39.7. The van der Waals surface area contributed by atoms with E-state index in [0.29, 0.717) is 17.5 Å². The third-order valence-electron chi connectivity index (χ3n) is 2.85. The molecular weight excluding hydrogens is 287 g/mol. The van der Waals surface area contributed by atoms with Gasteiger partial charge in [-0.3, -0.25) is 0 Å². The zero-order valence-electron chi connectivity index (χ0n) is 10.8. The molecule has 2 aromatic rings. The smallest absolute Gasteiger partial charge is 0.182 e. The zero-order valence-corrected chi connectivity index (χ0v) is 11.5. The molecule has 0 aromatic heterocycles. The van der Waals surface area contributed by atoms with Crippen molar-refractivity contribution in [3.05, 3.63) is 64.4 Å². The molecule has 5 heteroatoms. The minimum absolute atomic E-state index is 0.177. The number of benzene rings is 2. The van der Waals surface area contributed by atoms with E-state index in [2.05, 4.69) is 5.32 Å². The molecule has 1 unspecified atom stereocenters. The second-order valence-electron chi connectivity index (χ2n) is 4.63. The van der Waals surface area contributed by atoms with Crippen LogP contribution in [0.2, 0.25) is 5.02 Å². The second kappa shape index (κ2) is 6.18. The number of hydrogen-bond acceptors (Lipinski definition) is 1. The van der Waals surface area contributed by atoms with E-state index >= 15 is 0 Å². The topological polar surface area (TPSA) is 12.0 Å². The summed E-state index contributed by atoms with van der Waals surface area (Å²) in [4.78, 5) is 0. The molecule has 1 N–H and O–H groups in total. The summed E-state index contributed by atoms with van der Waals surface area (Å²) in [7, 11) is 0. The fraction of sp³-hybridized carbons (Fsp3) is 0.200. The Bertz CT molecular complexity index is 599. The lowest BCUT2D eigenvalue weighted by molar-refractivity contribution is 0.496. The fourth-order valence-electron chi connectivity index (χ4n) is 1.95. The Morgan fingerprint density at radius 2 is 1.75 bits per heavy atom. The van der Waals surface area contributed by atoms with Crippen molar-refractivity contribution in [3.63, 3.8) is 0 Å². The first-order valence-electron chi connectivity index (χ1n) is 6.11. The number of halogens is 4. The van der Waals surface area contributed by atoms with Crippen molar-refractivity contribution in [2.24, 2.45) is 0 Å². The predicted molar refractivity (Wildman–Crippen MR) is 74.6 cm³/mol. The summed E-state index contributed by atoms with van der Waals surface area (Å²) in [6.07, 6.45) is 0.578. The maximum atomic E-state index is 13.5. The maximum absolute atomic E-state index is 13.5. The molecule has 1 nitrogen and oxygen atoms in total. The van der Waals surface area contributed by atoms with E-state index in [1.54, 1.807) is 19.1 Å². The van der Waals surface area contributed by atoms with Crippen LogP contribution in [0, 0.1) is 17.5 Å². The molecule has 0 aliphatic carbocycles. The van der Waals surface area contributed by atoms with E-state index in [1.165, 1.54) is 0 Å². The number of rotatable bonds is 4. The fourth-order valence-corrected chi connectivity index (χ4v) is 2.08. The van der Waals surface area contributed by atoms with Gasteiger partial charge in [0, 0.05) is 23.2 Å². The van der Waals surface area contributed by atoms with Gasteiger partial charge in [0.15, 0.2) is 11.6 Å². The summed E-state index contributed by atoms with van der Waals surface area (Å²) in [5, 5.41) is 3.40. The average Bonchev–Trinajstić information content (AvgIpc) is 2.38. The van der Waals surface area contributed by atoms with Crippen LogP contribution in [0.4, 0.5) is 18.9 Å². The lowest BCUT2D eigenvalue weighted by atomic mass is 10.1. The van der Waals surface area contributed by atoms with Gasteiger partial charge in [-0.05, 0) is 31.0 Å². The molecule has 0 spiro atoms. The highest BCUT2D eigenvalue weighted by atomic mass is 35.5. The van der Waals surface area contributed by atoms with Gasteiger partial charge in [0.05, 0.1) is 5.69 Å². The van der Waals surface area contributed by atoms with Gasteiger partial charge in [0.2, 0.25) is 0 Å². The average molecular weight is 300 g/mol. The first-order valence-corrected chi connectivity index (χ1v) is 6.49. The van der Waals surface area contributed by atoms with Gasteiger partial charge in [0.1, 0.15) is 5.82 Å². The highest BCUT2D eigenvalue weighted by molar-refractivity contribution is 6.30. The molecule has 0 bridgehead atoms. The van der Waals surface area contributed by atoms with Gasteiger partial charge in [-0.1, -0.05) is 23.7 Å². The van der Waals surface area contributed by atoms with Gasteiger partial charge >= 0.3 is 0 Å². The molecule has 0 heterocycles. The van der Waals surface area contributed by atoms with Crippen molar-refractivity contribution < 1.29 is 13.2 Å². The largest absolute Gasteiger partial charge is 0.380 e. The van der Waals surface area contributed by atoms with Crippen LogP contribution < -0.4 is 5.32 Å². The van der Waals surface area contributed by atoms with Crippen molar-refractivity contribution >= 4 is 17.3 Å². The predicted octanol–water partition coefficient (Wildman–Crippen LogP) is 4.80. The molecule has 20 heavy (non-hydrogen) atoms. The molecule has 0 amide bonds. The van der Waals surface area contributed by atoms with E-state index < -0.39 is 17.5 Å². The second-order valence-corrected chi connectivity index (χ2v) is 5.06. The van der Waals surface area contributed by atoms with E-state index in [9.17, 15) is 13.2 Å². The quantitative estimate of drug-likeness (QED) is 0.800. The highest BCUT2D eigenvalue weighted by Crippen LogP contribution is 2.21. The van der Waals surface area contributed by atoms with Crippen LogP contribution in [-0.4, -0.2) is 6.04 Å².